The van der Waals surface area contributed by atoms with Crippen molar-refractivity contribution in [2.75, 3.05) is 0 Å². The van der Waals surface area contributed by atoms with Gasteiger partial charge in [-0.3, -0.25) is 4.79 Å². The van der Waals surface area contributed by atoms with Gasteiger partial charge in [-0.05, 0) is 30.3 Å². The molecule has 0 atom stereocenters. The minimum Gasteiger partial charge on any atom is -0.267 e. The van der Waals surface area contributed by atoms with Crippen molar-refractivity contribution in [1.29, 1.82) is 0 Å². The van der Waals surface area contributed by atoms with Crippen molar-refractivity contribution in [2.24, 2.45) is 5.10 Å². The maximum atomic E-state index is 12.1. The molecule has 0 unspecified atom stereocenters. The Morgan fingerprint density at radius 1 is 1.08 bits per heavy atom. The van der Waals surface area contributed by atoms with Gasteiger partial charge >= 0.3 is 0 Å². The van der Waals surface area contributed by atoms with Crippen molar-refractivity contribution in [3.05, 3.63) is 74.9 Å². The van der Waals surface area contributed by atoms with Gasteiger partial charge in [-0.15, -0.1) is 0 Å². The van der Waals surface area contributed by atoms with Gasteiger partial charge in [-0.2, -0.15) is 5.10 Å². The number of hydrazone groups is 1. The summed E-state index contributed by atoms with van der Waals surface area (Å²) in [4.78, 5) is 16.3. The zero-order chi connectivity index (χ0) is 17.1. The number of halogens is 3. The number of nitrogens with one attached hydrogen (secondary N) is 1. The molecule has 0 saturated heterocycles. The average Bonchev–Trinajstić information content (AvgIpc) is 2.55. The van der Waals surface area contributed by atoms with Crippen molar-refractivity contribution in [2.45, 2.75) is 0 Å². The fourth-order valence-corrected chi connectivity index (χ4v) is 2.78. The minimum atomic E-state index is -0.446. The number of hydrogen-bond donors (Lipinski definition) is 1. The molecule has 24 heavy (non-hydrogen) atoms. The number of amides is 1. The maximum Gasteiger partial charge on any atom is 0.272 e. The Balaban J connectivity index is 1.78. The Labute approximate surface area is 153 Å². The summed E-state index contributed by atoms with van der Waals surface area (Å²) in [6.07, 6.45) is 1.43. The van der Waals surface area contributed by atoms with Crippen LogP contribution in [0.3, 0.4) is 0 Å². The number of rotatable bonds is 3. The van der Waals surface area contributed by atoms with E-state index < -0.39 is 5.91 Å². The van der Waals surface area contributed by atoms with Crippen LogP contribution < -0.4 is 5.43 Å². The number of aromatic nitrogens is 1. The monoisotopic (exact) mass is 377 g/mol. The number of nitrogens with zero attached hydrogens (tertiary/aromatic N) is 2. The van der Waals surface area contributed by atoms with Crippen LogP contribution in [0.15, 0.2) is 53.6 Å². The van der Waals surface area contributed by atoms with Crippen molar-refractivity contribution in [3.8, 4) is 0 Å². The quantitative estimate of drug-likeness (QED) is 0.398. The molecule has 7 heteroatoms. The second kappa shape index (κ2) is 7.18. The summed E-state index contributed by atoms with van der Waals surface area (Å²) in [5, 5.41) is 5.84. The highest BCUT2D eigenvalue weighted by Gasteiger charge is 2.10. The Morgan fingerprint density at radius 3 is 2.67 bits per heavy atom. The first kappa shape index (κ1) is 16.7. The van der Waals surface area contributed by atoms with E-state index in [4.69, 9.17) is 34.8 Å². The standard InChI is InChI=1S/C17H10Cl3N3O/c18-12-5-6-13(14(19)8-12)17(24)23-21-9-11-7-10-3-1-2-4-15(10)22-16(11)20/h1-9H,(H,23,24)/b21-9+. The summed E-state index contributed by atoms with van der Waals surface area (Å²) in [6.45, 7) is 0. The molecule has 0 aliphatic rings. The number of fused-ring (bicyclic) bond motifs is 1. The fraction of sp³-hybridized carbons (Fsp3) is 0. The molecular formula is C17H10Cl3N3O. The molecule has 3 aromatic rings. The zero-order valence-corrected chi connectivity index (χ0v) is 14.4. The molecule has 1 heterocycles. The second-order valence-electron chi connectivity index (χ2n) is 4.88. The molecule has 2 aromatic carbocycles. The van der Waals surface area contributed by atoms with Crippen LogP contribution in [0.5, 0.6) is 0 Å². The van der Waals surface area contributed by atoms with Crippen molar-refractivity contribution in [3.63, 3.8) is 0 Å². The van der Waals surface area contributed by atoms with E-state index in [2.05, 4.69) is 15.5 Å². The lowest BCUT2D eigenvalue weighted by Crippen LogP contribution is -2.18. The second-order valence-corrected chi connectivity index (χ2v) is 6.09. The van der Waals surface area contributed by atoms with E-state index in [0.29, 0.717) is 15.7 Å². The topological polar surface area (TPSA) is 54.4 Å². The predicted molar refractivity (Wildman–Crippen MR) is 98.3 cm³/mol. The van der Waals surface area contributed by atoms with Crippen LogP contribution in [-0.4, -0.2) is 17.1 Å². The summed E-state index contributed by atoms with van der Waals surface area (Å²) < 4.78 is 0. The lowest BCUT2D eigenvalue weighted by Gasteiger charge is -2.04. The van der Waals surface area contributed by atoms with Gasteiger partial charge in [0.05, 0.1) is 22.3 Å². The molecule has 1 aromatic heterocycles. The molecule has 0 spiro atoms. The first-order valence-corrected chi connectivity index (χ1v) is 8.02. The first-order valence-electron chi connectivity index (χ1n) is 6.88. The zero-order valence-electron chi connectivity index (χ0n) is 12.1. The molecule has 0 saturated carbocycles. The van der Waals surface area contributed by atoms with E-state index in [1.54, 1.807) is 6.07 Å². The number of carbonyl (C=O) groups excluding carboxylic acids is 1. The highest BCUT2D eigenvalue weighted by atomic mass is 35.5. The van der Waals surface area contributed by atoms with Crippen molar-refractivity contribution < 1.29 is 4.79 Å². The van der Waals surface area contributed by atoms with Crippen molar-refractivity contribution >= 4 is 57.8 Å². The van der Waals surface area contributed by atoms with Crippen LogP contribution in [0.25, 0.3) is 10.9 Å². The van der Waals surface area contributed by atoms with Crippen LogP contribution in [-0.2, 0) is 0 Å². The summed E-state index contributed by atoms with van der Waals surface area (Å²) in [5.41, 5.74) is 4.06. The van der Waals surface area contributed by atoms with Gasteiger partial charge in [0.25, 0.3) is 5.91 Å². The van der Waals surface area contributed by atoms with Gasteiger partial charge in [-0.1, -0.05) is 53.0 Å². The molecule has 1 amide bonds. The van der Waals surface area contributed by atoms with Crippen molar-refractivity contribution in [1.82, 2.24) is 10.4 Å². The summed E-state index contributed by atoms with van der Waals surface area (Å²) in [6, 6.07) is 14.0. The lowest BCUT2D eigenvalue weighted by molar-refractivity contribution is 0.0955. The molecule has 0 fully saturated rings. The number of carbonyl (C=O) groups is 1. The van der Waals surface area contributed by atoms with Crippen LogP contribution in [0.2, 0.25) is 15.2 Å². The maximum absolute atomic E-state index is 12.1. The van der Waals surface area contributed by atoms with Gasteiger partial charge in [0, 0.05) is 16.0 Å². The fourth-order valence-electron chi connectivity index (χ4n) is 2.09. The largest absolute Gasteiger partial charge is 0.272 e. The van der Waals surface area contributed by atoms with Crippen LogP contribution >= 0.6 is 34.8 Å². The Bertz CT molecular complexity index is 957. The molecule has 0 radical (unpaired) electrons. The smallest absolute Gasteiger partial charge is 0.267 e. The highest BCUT2D eigenvalue weighted by molar-refractivity contribution is 6.36. The van der Waals surface area contributed by atoms with Gasteiger partial charge in [0.15, 0.2) is 0 Å². The molecule has 1 N–H and O–H groups in total. The Hall–Kier alpha value is -2.14. The van der Waals surface area contributed by atoms with E-state index in [0.717, 1.165) is 10.9 Å². The molecule has 120 valence electrons. The van der Waals surface area contributed by atoms with E-state index in [9.17, 15) is 4.79 Å². The number of pyridine rings is 1. The van der Waals surface area contributed by atoms with Crippen LogP contribution in [0, 0.1) is 0 Å². The summed E-state index contributed by atoms with van der Waals surface area (Å²) >= 11 is 17.9. The number of hydrogen-bond acceptors (Lipinski definition) is 3. The van der Waals surface area contributed by atoms with Crippen LogP contribution in [0.1, 0.15) is 15.9 Å². The van der Waals surface area contributed by atoms with Gasteiger partial charge in [0.2, 0.25) is 0 Å². The Morgan fingerprint density at radius 2 is 1.88 bits per heavy atom. The lowest BCUT2D eigenvalue weighted by atomic mass is 10.2. The van der Waals surface area contributed by atoms with E-state index in [-0.39, 0.29) is 10.6 Å². The normalized spacial score (nSPS) is 11.1. The molecule has 3 rings (SSSR count). The minimum absolute atomic E-state index is 0.251. The van der Waals surface area contributed by atoms with Crippen LogP contribution in [0.4, 0.5) is 0 Å². The molecular weight excluding hydrogens is 369 g/mol. The molecule has 4 nitrogen and oxygen atoms in total. The third-order valence-electron chi connectivity index (χ3n) is 3.25. The third kappa shape index (κ3) is 3.67. The molecule has 0 aliphatic carbocycles. The van der Waals surface area contributed by atoms with E-state index in [1.165, 1.54) is 18.3 Å². The average molecular weight is 379 g/mol. The highest BCUT2D eigenvalue weighted by Crippen LogP contribution is 2.21. The summed E-state index contributed by atoms with van der Waals surface area (Å²) in [7, 11) is 0. The molecule has 0 aliphatic heterocycles. The van der Waals surface area contributed by atoms with E-state index >= 15 is 0 Å². The SMILES string of the molecule is O=C(N/N=C/c1cc2ccccc2nc1Cl)c1ccc(Cl)cc1Cl. The summed E-state index contributed by atoms with van der Waals surface area (Å²) in [5.74, 6) is -0.446. The molecule has 0 bridgehead atoms. The van der Waals surface area contributed by atoms with Gasteiger partial charge in [-0.25, -0.2) is 10.4 Å². The third-order valence-corrected chi connectivity index (χ3v) is 4.10. The Kier molecular flexibility index (Phi) is 5.00. The van der Waals surface area contributed by atoms with Gasteiger partial charge < -0.3 is 0 Å². The predicted octanol–water partition coefficient (Wildman–Crippen LogP) is 4.96. The van der Waals surface area contributed by atoms with Gasteiger partial charge in [0.1, 0.15) is 5.15 Å². The first-order chi connectivity index (χ1) is 11.5. The number of benzene rings is 2. The van der Waals surface area contributed by atoms with E-state index in [1.807, 2.05) is 30.3 Å². The number of para-hydroxylation sites is 1.